The maximum atomic E-state index is 12.2. The van der Waals surface area contributed by atoms with Gasteiger partial charge in [0.25, 0.3) is 11.8 Å². The van der Waals surface area contributed by atoms with Crippen LogP contribution in [0.2, 0.25) is 0 Å². The number of carbonyl (C=O) groups excluding carboxylic acids is 8. The fourth-order valence-corrected chi connectivity index (χ4v) is 17.7. The Kier molecular flexibility index (Phi) is 47.5. The zero-order chi connectivity index (χ0) is 99.4. The zero-order valence-corrected chi connectivity index (χ0v) is 86.8. The molecule has 20 nitrogen and oxygen atoms in total. The van der Waals surface area contributed by atoms with E-state index < -0.39 is 0 Å². The van der Waals surface area contributed by atoms with Gasteiger partial charge in [0, 0.05) is 179 Å². The van der Waals surface area contributed by atoms with Crippen LogP contribution in [0.1, 0.15) is 335 Å². The zero-order valence-electron chi connectivity index (χ0n) is 86.8. The molecule has 8 aliphatic rings. The van der Waals surface area contributed by atoms with Crippen LogP contribution in [-0.4, -0.2) is 208 Å². The third-order valence-corrected chi connectivity index (χ3v) is 27.2. The summed E-state index contributed by atoms with van der Waals surface area (Å²) in [7, 11) is 0. The Hall–Kier alpha value is -10.6. The van der Waals surface area contributed by atoms with Gasteiger partial charge in [0.05, 0.1) is 13.1 Å². The second-order valence-corrected chi connectivity index (χ2v) is 40.6. The summed E-state index contributed by atoms with van der Waals surface area (Å²) in [6, 6.07) is 67.3. The molecule has 0 aliphatic carbocycles. The first kappa shape index (κ1) is 111. The van der Waals surface area contributed by atoms with Crippen LogP contribution in [0.25, 0.3) is 0 Å². The summed E-state index contributed by atoms with van der Waals surface area (Å²) in [6.45, 7) is 53.3. The van der Waals surface area contributed by atoms with Gasteiger partial charge in [-0.2, -0.15) is 0 Å². The number of nitrogens with one attached hydrogen (secondary N) is 4. The maximum absolute atomic E-state index is 12.2. The van der Waals surface area contributed by atoms with Crippen molar-refractivity contribution in [3.63, 3.8) is 0 Å². The summed E-state index contributed by atoms with van der Waals surface area (Å²) in [5.74, 6) is 6.28. The molecule has 16 rings (SSSR count). The van der Waals surface area contributed by atoms with Crippen LogP contribution in [0, 0.1) is 0 Å². The molecular weight excluding hydrogens is 1710 g/mol. The van der Waals surface area contributed by atoms with Crippen molar-refractivity contribution in [2.45, 2.75) is 274 Å². The average molecular weight is 1880 g/mol. The van der Waals surface area contributed by atoms with E-state index in [1.807, 2.05) is 75.6 Å². The number of benzene rings is 8. The van der Waals surface area contributed by atoms with Crippen LogP contribution in [0.15, 0.2) is 194 Å². The Morgan fingerprint density at radius 2 is 0.514 bits per heavy atom. The summed E-state index contributed by atoms with van der Waals surface area (Å²) >= 11 is 0. The van der Waals surface area contributed by atoms with Crippen LogP contribution in [-0.2, 0) is 54.7 Å². The number of aryl methyl sites for hydroxylation is 2. The molecule has 8 aromatic rings. The quantitative estimate of drug-likeness (QED) is 0.0499. The third-order valence-electron chi connectivity index (χ3n) is 27.2. The van der Waals surface area contributed by atoms with E-state index in [-0.39, 0.29) is 35.4 Å². The molecule has 8 saturated heterocycles. The van der Waals surface area contributed by atoms with Crippen LogP contribution < -0.4 is 31.1 Å². The average Bonchev–Trinajstić information content (AvgIpc) is 0.830. The number of hydrogen-bond acceptors (Lipinski definition) is 12. The largest absolute Gasteiger partial charge is 0.343 e. The highest BCUT2D eigenvalue weighted by molar-refractivity contribution is 5.97. The van der Waals surface area contributed by atoms with Crippen molar-refractivity contribution in [3.05, 3.63) is 272 Å². The van der Waals surface area contributed by atoms with E-state index in [2.05, 4.69) is 290 Å². The molecule has 0 spiro atoms. The predicted molar refractivity (Wildman–Crippen MR) is 568 cm³/mol. The maximum Gasteiger partial charge on any atom is 0.253 e. The van der Waals surface area contributed by atoms with Gasteiger partial charge in [-0.3, -0.25) is 38.4 Å². The highest BCUT2D eigenvalue weighted by atomic mass is 16.2. The Bertz CT molecular complexity index is 4620. The van der Waals surface area contributed by atoms with Gasteiger partial charge >= 0.3 is 0 Å². The lowest BCUT2D eigenvalue weighted by atomic mass is 10.00. The Morgan fingerprint density at radius 3 is 0.855 bits per heavy atom. The monoisotopic (exact) mass is 1880 g/mol. The van der Waals surface area contributed by atoms with Crippen molar-refractivity contribution >= 4 is 58.6 Å². The molecular formula is C118H168N12O8. The van der Waals surface area contributed by atoms with E-state index in [4.69, 9.17) is 0 Å². The number of carbonyl (C=O) groups is 8. The molecule has 0 saturated carbocycles. The van der Waals surface area contributed by atoms with Crippen LogP contribution >= 0.6 is 0 Å². The van der Waals surface area contributed by atoms with Gasteiger partial charge in [-0.25, -0.2) is 0 Å². The fraction of sp³-hybridized carbons (Fsp3) is 0.525. The summed E-state index contributed by atoms with van der Waals surface area (Å²) in [5.41, 5.74) is 19.3. The van der Waals surface area contributed by atoms with Crippen LogP contribution in [0.4, 0.5) is 11.4 Å². The second-order valence-electron chi connectivity index (χ2n) is 40.6. The van der Waals surface area contributed by atoms with Crippen LogP contribution in [0.5, 0.6) is 0 Å². The first-order valence-corrected chi connectivity index (χ1v) is 52.3. The molecule has 0 radical (unpaired) electrons. The van der Waals surface area contributed by atoms with Gasteiger partial charge in [-0.05, 0) is 240 Å². The predicted octanol–water partition coefficient (Wildman–Crippen LogP) is 21.4. The molecule has 8 aromatic carbocycles. The van der Waals surface area contributed by atoms with Crippen molar-refractivity contribution in [1.82, 2.24) is 50.7 Å². The lowest BCUT2D eigenvalue weighted by molar-refractivity contribution is -0.134. The molecule has 0 atom stereocenters. The van der Waals surface area contributed by atoms with E-state index >= 15 is 0 Å². The minimum atomic E-state index is 0.154. The highest BCUT2D eigenvalue weighted by Crippen LogP contribution is 2.29. The van der Waals surface area contributed by atoms with Gasteiger partial charge in [-0.1, -0.05) is 256 Å². The topological polar surface area (TPSA) is 211 Å². The van der Waals surface area contributed by atoms with Gasteiger partial charge < -0.3 is 60.5 Å². The molecule has 20 heteroatoms. The minimum absolute atomic E-state index is 0.154. The first-order valence-electron chi connectivity index (χ1n) is 52.3. The van der Waals surface area contributed by atoms with E-state index in [0.717, 1.165) is 211 Å². The Balaban J connectivity index is 0.000000177. The van der Waals surface area contributed by atoms with E-state index in [1.54, 1.807) is 0 Å². The summed E-state index contributed by atoms with van der Waals surface area (Å²) < 4.78 is 0. The van der Waals surface area contributed by atoms with E-state index in [9.17, 15) is 38.4 Å². The third kappa shape index (κ3) is 37.5. The minimum Gasteiger partial charge on any atom is -0.343 e. The molecule has 8 aliphatic heterocycles. The van der Waals surface area contributed by atoms with Gasteiger partial charge in [0.2, 0.25) is 35.4 Å². The number of rotatable bonds is 22. The number of amides is 8. The second kappa shape index (κ2) is 59.1. The van der Waals surface area contributed by atoms with Crippen molar-refractivity contribution < 1.29 is 38.4 Å². The SMILES string of the molecule is CC(C)c1ccc(C(=O)N2CCCCC2)cc1.CC(C)c1ccc(C(=O)N2CCNCC2)cc1.CC(C)c1ccc(CCC(=O)N2CCCCC2)cc1.CC(C)c1ccc(CCC(=O)N2CCNCC2)cc1.CC(C)c1ccc(CN2CCCCC2=O)cc1.CC(C)c1ccc(CN2CCNCC2=O)cc1.CC(C)c1ccc(N2CCCCC2=O)cc1.CC(C)c1ccc(N2CCNCC2=O)cc1. The normalized spacial score (nSPS) is 16.4. The highest BCUT2D eigenvalue weighted by Gasteiger charge is 2.26. The smallest absolute Gasteiger partial charge is 0.253 e. The van der Waals surface area contributed by atoms with Crippen molar-refractivity contribution in [1.29, 1.82) is 0 Å². The number of anilines is 2. The van der Waals surface area contributed by atoms with E-state index in [1.165, 1.54) is 92.4 Å². The van der Waals surface area contributed by atoms with Crippen molar-refractivity contribution in [2.75, 3.05) is 141 Å². The molecule has 138 heavy (non-hydrogen) atoms. The van der Waals surface area contributed by atoms with Gasteiger partial charge in [-0.15, -0.1) is 0 Å². The number of piperazine rings is 4. The molecule has 0 aromatic heterocycles. The Labute approximate surface area is 829 Å². The van der Waals surface area contributed by atoms with E-state index in [0.29, 0.717) is 91.5 Å². The van der Waals surface area contributed by atoms with Crippen molar-refractivity contribution in [2.24, 2.45) is 0 Å². The lowest BCUT2D eigenvalue weighted by Crippen LogP contribution is -2.48. The molecule has 4 N–H and O–H groups in total. The van der Waals surface area contributed by atoms with Gasteiger partial charge in [0.15, 0.2) is 0 Å². The fourth-order valence-electron chi connectivity index (χ4n) is 17.7. The van der Waals surface area contributed by atoms with Crippen LogP contribution in [0.3, 0.4) is 0 Å². The van der Waals surface area contributed by atoms with Gasteiger partial charge in [0.1, 0.15) is 0 Å². The first-order chi connectivity index (χ1) is 66.4. The van der Waals surface area contributed by atoms with Crippen molar-refractivity contribution in [3.8, 4) is 0 Å². The molecule has 8 fully saturated rings. The summed E-state index contributed by atoms with van der Waals surface area (Å²) in [4.78, 5) is 111. The molecule has 8 amide bonds. The standard InChI is InChI=1S/C17H25NO.C16H24N2O.2C15H21NO.2C14H20N2O.C14H19NO.C13H18N2O/c1-14(2)16-9-6-15(7-10-16)8-11-17(19)18-12-4-3-5-13-18;1-13(2)15-6-3-14(4-7-15)5-8-16(19)18-11-9-17-10-12-18;1-12(2)14-8-6-13(7-9-14)11-16-10-4-3-5-15(16)17;1-12(2)13-6-8-14(9-7-13)15(17)16-10-4-3-5-11-16;1-11(2)12-3-5-13(6-4-12)14(17)16-9-7-15-8-10-16;1-11(2)13-5-3-12(4-6-13)10-16-8-7-15-9-14(16)17;1-11(2)12-6-8-13(9-7-12)15-10-4-3-5-14(15)16;1-10(2)11-3-5-12(6-4-11)15-8-7-14-9-13(15)16/h6-7,9-10,14H,3-5,8,11-13H2,1-2H3;3-4,6-7,13,17H,5,8-12H2,1-2H3;2*6-9,12H,3-5,10-11H2,1-2H3;2*3-6,11,15H,7-10H2,1-2H3;6-9,11H,3-5,10H2,1-2H3;3-6,10,14H,7-9H2,1-2H3. The number of nitrogens with zero attached hydrogens (tertiary/aromatic N) is 8. The summed E-state index contributed by atoms with van der Waals surface area (Å²) in [5, 5.41) is 12.7. The lowest BCUT2D eigenvalue weighted by Gasteiger charge is -2.27. The Morgan fingerprint density at radius 1 is 0.246 bits per heavy atom. The number of piperidine rings is 4. The molecule has 0 bridgehead atoms. The number of likely N-dealkylation sites (tertiary alicyclic amines) is 3. The summed E-state index contributed by atoms with van der Waals surface area (Å²) in [6.07, 6.45) is 16.0. The molecule has 0 unspecified atom stereocenters. The molecule has 748 valence electrons. The molecule has 8 heterocycles. The number of hydrogen-bond donors (Lipinski definition) is 4.